The van der Waals surface area contributed by atoms with Gasteiger partial charge in [0.05, 0.1) is 16.6 Å². The Morgan fingerprint density at radius 2 is 1.52 bits per heavy atom. The summed E-state index contributed by atoms with van der Waals surface area (Å²) >= 11 is 0. The molecule has 3 rings (SSSR count). The van der Waals surface area contributed by atoms with Gasteiger partial charge in [0.25, 0.3) is 5.91 Å². The fourth-order valence-corrected chi connectivity index (χ4v) is 4.49. The number of amides is 1. The molecule has 0 atom stereocenters. The monoisotopic (exact) mass is 388 g/mol. The van der Waals surface area contributed by atoms with Gasteiger partial charge in [0.2, 0.25) is 10.0 Å². The third-order valence-electron chi connectivity index (χ3n) is 4.39. The SMILES string of the molecule is CC(C)Oc1ccccc1C(=O)N1CCN(S(=O)(=O)c2ccccc2)CC1. The van der Waals surface area contributed by atoms with Crippen molar-refractivity contribution >= 4 is 15.9 Å². The quantitative estimate of drug-likeness (QED) is 0.790. The molecule has 2 aromatic rings. The smallest absolute Gasteiger partial charge is 0.257 e. The summed E-state index contributed by atoms with van der Waals surface area (Å²) in [5, 5.41) is 0. The van der Waals surface area contributed by atoms with Crippen molar-refractivity contribution in [2.45, 2.75) is 24.8 Å². The van der Waals surface area contributed by atoms with Crippen molar-refractivity contribution in [2.75, 3.05) is 26.2 Å². The molecular formula is C20H24N2O4S. The fraction of sp³-hybridized carbons (Fsp3) is 0.350. The number of carbonyl (C=O) groups excluding carboxylic acids is 1. The van der Waals surface area contributed by atoms with E-state index in [4.69, 9.17) is 4.74 Å². The van der Waals surface area contributed by atoms with Crippen LogP contribution in [0.15, 0.2) is 59.5 Å². The average Bonchev–Trinajstić information content (AvgIpc) is 2.68. The lowest BCUT2D eigenvalue weighted by Crippen LogP contribution is -2.50. The summed E-state index contributed by atoms with van der Waals surface area (Å²) in [6.45, 7) is 5.07. The van der Waals surface area contributed by atoms with Crippen LogP contribution in [0.2, 0.25) is 0 Å². The maximum absolute atomic E-state index is 12.9. The lowest BCUT2D eigenvalue weighted by molar-refractivity contribution is 0.0692. The largest absolute Gasteiger partial charge is 0.490 e. The third kappa shape index (κ3) is 4.31. The van der Waals surface area contributed by atoms with Gasteiger partial charge in [-0.2, -0.15) is 4.31 Å². The maximum Gasteiger partial charge on any atom is 0.257 e. The summed E-state index contributed by atoms with van der Waals surface area (Å²) in [4.78, 5) is 14.9. The van der Waals surface area contributed by atoms with Crippen LogP contribution in [0.5, 0.6) is 5.75 Å². The minimum Gasteiger partial charge on any atom is -0.490 e. The number of rotatable bonds is 5. The van der Waals surface area contributed by atoms with Crippen molar-refractivity contribution in [3.8, 4) is 5.75 Å². The molecule has 1 fully saturated rings. The number of ether oxygens (including phenoxy) is 1. The molecule has 0 saturated carbocycles. The second-order valence-electron chi connectivity index (χ2n) is 6.67. The standard InChI is InChI=1S/C20H24N2O4S/c1-16(2)26-19-11-7-6-10-18(19)20(23)21-12-14-22(15-13-21)27(24,25)17-8-4-3-5-9-17/h3-11,16H,12-15H2,1-2H3. The number of carbonyl (C=O) groups is 1. The summed E-state index contributed by atoms with van der Waals surface area (Å²) in [5.74, 6) is 0.417. The zero-order valence-corrected chi connectivity index (χ0v) is 16.4. The van der Waals surface area contributed by atoms with E-state index in [1.807, 2.05) is 19.9 Å². The number of nitrogens with zero attached hydrogens (tertiary/aromatic N) is 2. The topological polar surface area (TPSA) is 66.9 Å². The van der Waals surface area contributed by atoms with Gasteiger partial charge >= 0.3 is 0 Å². The molecule has 0 aliphatic carbocycles. The first-order valence-corrected chi connectivity index (χ1v) is 10.4. The summed E-state index contributed by atoms with van der Waals surface area (Å²) in [6.07, 6.45) is -0.0354. The molecule has 0 N–H and O–H groups in total. The molecule has 0 spiro atoms. The normalized spacial score (nSPS) is 15.7. The highest BCUT2D eigenvalue weighted by Crippen LogP contribution is 2.23. The Morgan fingerprint density at radius 1 is 0.926 bits per heavy atom. The van der Waals surface area contributed by atoms with Crippen LogP contribution in [0.4, 0.5) is 0 Å². The zero-order chi connectivity index (χ0) is 19.4. The Labute approximate surface area is 160 Å². The van der Waals surface area contributed by atoms with Gasteiger partial charge in [0.1, 0.15) is 5.75 Å². The van der Waals surface area contributed by atoms with Crippen molar-refractivity contribution in [2.24, 2.45) is 0 Å². The van der Waals surface area contributed by atoms with Gasteiger partial charge in [-0.05, 0) is 38.1 Å². The Hall–Kier alpha value is -2.38. The molecule has 1 aliphatic rings. The third-order valence-corrected chi connectivity index (χ3v) is 6.30. The second-order valence-corrected chi connectivity index (χ2v) is 8.61. The van der Waals surface area contributed by atoms with E-state index in [-0.39, 0.29) is 30.0 Å². The second kappa shape index (κ2) is 8.10. The summed E-state index contributed by atoms with van der Waals surface area (Å²) in [5.41, 5.74) is 0.505. The van der Waals surface area contributed by atoms with Gasteiger partial charge < -0.3 is 9.64 Å². The van der Waals surface area contributed by atoms with E-state index < -0.39 is 10.0 Å². The van der Waals surface area contributed by atoms with E-state index in [0.29, 0.717) is 24.4 Å². The highest BCUT2D eigenvalue weighted by Gasteiger charge is 2.31. The van der Waals surface area contributed by atoms with Crippen LogP contribution < -0.4 is 4.74 Å². The van der Waals surface area contributed by atoms with Crippen molar-refractivity contribution in [1.29, 1.82) is 0 Å². The molecule has 1 aliphatic heterocycles. The molecule has 6 nitrogen and oxygen atoms in total. The van der Waals surface area contributed by atoms with Crippen molar-refractivity contribution in [3.05, 3.63) is 60.2 Å². The molecule has 0 bridgehead atoms. The van der Waals surface area contributed by atoms with E-state index in [0.717, 1.165) is 0 Å². The first kappa shape index (κ1) is 19.4. The van der Waals surface area contributed by atoms with Crippen LogP contribution in [-0.4, -0.2) is 55.8 Å². The lowest BCUT2D eigenvalue weighted by atomic mass is 10.1. The summed E-state index contributed by atoms with van der Waals surface area (Å²) in [7, 11) is -3.53. The van der Waals surface area contributed by atoms with E-state index in [1.54, 1.807) is 53.4 Å². The van der Waals surface area contributed by atoms with Crippen molar-refractivity contribution in [3.63, 3.8) is 0 Å². The first-order chi connectivity index (χ1) is 12.9. The number of sulfonamides is 1. The predicted molar refractivity (Wildman–Crippen MR) is 103 cm³/mol. The van der Waals surface area contributed by atoms with Crippen LogP contribution in [0.25, 0.3) is 0 Å². The number of benzene rings is 2. The summed E-state index contributed by atoms with van der Waals surface area (Å²) in [6, 6.07) is 15.5. The number of hydrogen-bond acceptors (Lipinski definition) is 4. The van der Waals surface area contributed by atoms with Crippen LogP contribution >= 0.6 is 0 Å². The average molecular weight is 388 g/mol. The minimum absolute atomic E-state index is 0.0354. The van der Waals surface area contributed by atoms with Crippen LogP contribution in [0.3, 0.4) is 0 Å². The molecule has 144 valence electrons. The molecule has 0 unspecified atom stereocenters. The van der Waals surface area contributed by atoms with E-state index >= 15 is 0 Å². The Kier molecular flexibility index (Phi) is 5.82. The highest BCUT2D eigenvalue weighted by atomic mass is 32.2. The van der Waals surface area contributed by atoms with Gasteiger partial charge in [-0.1, -0.05) is 30.3 Å². The molecule has 1 amide bonds. The molecule has 0 aromatic heterocycles. The Bertz CT molecular complexity index is 889. The lowest BCUT2D eigenvalue weighted by Gasteiger charge is -2.34. The fourth-order valence-electron chi connectivity index (χ4n) is 3.04. The molecule has 7 heteroatoms. The number of hydrogen-bond donors (Lipinski definition) is 0. The van der Waals surface area contributed by atoms with Crippen LogP contribution in [0.1, 0.15) is 24.2 Å². The molecule has 0 radical (unpaired) electrons. The van der Waals surface area contributed by atoms with Crippen molar-refractivity contribution in [1.82, 2.24) is 9.21 Å². The number of para-hydroxylation sites is 1. The van der Waals surface area contributed by atoms with Crippen LogP contribution in [-0.2, 0) is 10.0 Å². The van der Waals surface area contributed by atoms with Crippen LogP contribution in [0, 0.1) is 0 Å². The minimum atomic E-state index is -3.53. The van der Waals surface area contributed by atoms with Crippen molar-refractivity contribution < 1.29 is 17.9 Å². The molecular weight excluding hydrogens is 364 g/mol. The maximum atomic E-state index is 12.9. The van der Waals surface area contributed by atoms with Gasteiger partial charge in [-0.25, -0.2) is 8.42 Å². The molecule has 1 heterocycles. The van der Waals surface area contributed by atoms with E-state index in [1.165, 1.54) is 4.31 Å². The Balaban J connectivity index is 1.70. The summed E-state index contributed by atoms with van der Waals surface area (Å²) < 4.78 is 32.6. The Morgan fingerprint density at radius 3 is 2.15 bits per heavy atom. The van der Waals surface area contributed by atoms with Gasteiger partial charge in [0, 0.05) is 26.2 Å². The van der Waals surface area contributed by atoms with Gasteiger partial charge in [-0.3, -0.25) is 4.79 Å². The molecule has 27 heavy (non-hydrogen) atoms. The predicted octanol–water partition coefficient (Wildman–Crippen LogP) is 2.62. The van der Waals surface area contributed by atoms with E-state index in [2.05, 4.69) is 0 Å². The van der Waals surface area contributed by atoms with Gasteiger partial charge in [-0.15, -0.1) is 0 Å². The number of piperazine rings is 1. The zero-order valence-electron chi connectivity index (χ0n) is 15.5. The van der Waals surface area contributed by atoms with Gasteiger partial charge in [0.15, 0.2) is 0 Å². The highest BCUT2D eigenvalue weighted by molar-refractivity contribution is 7.89. The molecule has 1 saturated heterocycles. The van der Waals surface area contributed by atoms with E-state index in [9.17, 15) is 13.2 Å². The molecule has 2 aromatic carbocycles. The first-order valence-electron chi connectivity index (χ1n) is 9.00.